The predicted octanol–water partition coefficient (Wildman–Crippen LogP) is 4.66. The lowest BCUT2D eigenvalue weighted by atomic mass is 9.72. The third-order valence-electron chi connectivity index (χ3n) is 10.4. The van der Waals surface area contributed by atoms with Gasteiger partial charge < -0.3 is 34.6 Å². The van der Waals surface area contributed by atoms with Gasteiger partial charge in [-0.05, 0) is 80.3 Å². The number of anilines is 3. The lowest BCUT2D eigenvalue weighted by molar-refractivity contribution is -0.0266. The molecule has 3 aromatic rings. The van der Waals surface area contributed by atoms with Crippen LogP contribution in [0, 0.1) is 16.7 Å². The van der Waals surface area contributed by atoms with Crippen molar-refractivity contribution in [1.29, 1.82) is 5.26 Å². The van der Waals surface area contributed by atoms with Gasteiger partial charge in [0.1, 0.15) is 28.2 Å². The molecule has 3 fully saturated rings. The van der Waals surface area contributed by atoms with Crippen LogP contribution in [0.1, 0.15) is 82.2 Å². The summed E-state index contributed by atoms with van der Waals surface area (Å²) < 4.78 is 11.6. The average molecular weight is 675 g/mol. The maximum atomic E-state index is 12.7. The van der Waals surface area contributed by atoms with Crippen LogP contribution >= 0.6 is 11.3 Å². The Morgan fingerprint density at radius 3 is 2.69 bits per heavy atom. The van der Waals surface area contributed by atoms with E-state index in [0.29, 0.717) is 47.0 Å². The molecule has 1 aliphatic carbocycles. The molecule has 2 atom stereocenters. The molecule has 1 amide bonds. The topological polar surface area (TPSA) is 154 Å². The summed E-state index contributed by atoms with van der Waals surface area (Å²) in [5.41, 5.74) is 7.19. The summed E-state index contributed by atoms with van der Waals surface area (Å²) in [7, 11) is 2.16. The molecule has 256 valence electrons. The van der Waals surface area contributed by atoms with Crippen LogP contribution in [0.25, 0.3) is 11.5 Å². The zero-order valence-corrected chi connectivity index (χ0v) is 29.7. The fourth-order valence-electron chi connectivity index (χ4n) is 7.97. The summed E-state index contributed by atoms with van der Waals surface area (Å²) >= 11 is 1.49. The molecule has 0 unspecified atom stereocenters. The molecule has 0 aromatic carbocycles. The monoisotopic (exact) mass is 674 g/mol. The molecule has 7 rings (SSSR count). The van der Waals surface area contributed by atoms with Gasteiger partial charge in [0.15, 0.2) is 0 Å². The minimum Gasteiger partial charge on any atom is -0.444 e. The highest BCUT2D eigenvalue weighted by Crippen LogP contribution is 2.49. The summed E-state index contributed by atoms with van der Waals surface area (Å²) in [6.45, 7) is 15.7. The van der Waals surface area contributed by atoms with Crippen molar-refractivity contribution in [3.8, 4) is 17.6 Å². The average Bonchev–Trinajstić information content (AvgIpc) is 3.73. The molecule has 4 aliphatic rings. The van der Waals surface area contributed by atoms with Gasteiger partial charge in [-0.15, -0.1) is 11.3 Å². The number of aryl methyl sites for hydroxylation is 1. The van der Waals surface area contributed by atoms with Crippen LogP contribution in [0.15, 0.2) is 10.6 Å². The first-order chi connectivity index (χ1) is 22.8. The molecule has 14 heteroatoms. The number of ether oxygens (including phenoxy) is 1. The molecule has 6 heterocycles. The number of amides is 1. The van der Waals surface area contributed by atoms with Crippen molar-refractivity contribution in [2.45, 2.75) is 83.8 Å². The second-order valence-electron chi connectivity index (χ2n) is 15.4. The number of carbonyl (C=O) groups excluding carboxylic acids is 1. The zero-order chi connectivity index (χ0) is 34.0. The molecule has 1 spiro atoms. The number of nitrogens with zero attached hydrogens (tertiary/aromatic N) is 9. The maximum Gasteiger partial charge on any atom is 0.410 e. The summed E-state index contributed by atoms with van der Waals surface area (Å²) in [5, 5.41) is 15.0. The number of rotatable bonds is 4. The molecule has 3 saturated heterocycles. The van der Waals surface area contributed by atoms with Gasteiger partial charge in [-0.1, -0.05) is 5.16 Å². The lowest BCUT2D eigenvalue weighted by Gasteiger charge is -2.47. The highest BCUT2D eigenvalue weighted by molar-refractivity contribution is 7.16. The molecular weight excluding hydrogens is 629 g/mol. The Kier molecular flexibility index (Phi) is 8.06. The number of aromatic nitrogens is 4. The van der Waals surface area contributed by atoms with Gasteiger partial charge in [-0.2, -0.15) is 15.2 Å². The number of carbonyl (C=O) groups is 1. The van der Waals surface area contributed by atoms with Gasteiger partial charge in [0.25, 0.3) is 0 Å². The van der Waals surface area contributed by atoms with Gasteiger partial charge in [0, 0.05) is 67.2 Å². The van der Waals surface area contributed by atoms with E-state index in [1.165, 1.54) is 11.3 Å². The Balaban J connectivity index is 1.21. The molecule has 2 N–H and O–H groups in total. The molecule has 48 heavy (non-hydrogen) atoms. The van der Waals surface area contributed by atoms with Crippen molar-refractivity contribution in [2.24, 2.45) is 5.41 Å². The molecule has 0 bridgehead atoms. The SMILES string of the molecule is C[C@H]1CN(C)CCCN1c1nc(-c2noc([C@@]3(C)CCCc4sc(N)c(C#N)c43)n2)cc(N2CCC3(CN(C(=O)OC(C)(C)C)C3)C2)n1. The van der Waals surface area contributed by atoms with Crippen molar-refractivity contribution < 1.29 is 14.1 Å². The Morgan fingerprint density at radius 2 is 1.94 bits per heavy atom. The van der Waals surface area contributed by atoms with E-state index in [1.807, 2.05) is 26.8 Å². The van der Waals surface area contributed by atoms with Crippen LogP contribution in [-0.2, 0) is 16.6 Å². The third kappa shape index (κ3) is 5.85. The highest BCUT2D eigenvalue weighted by Gasteiger charge is 2.51. The third-order valence-corrected chi connectivity index (χ3v) is 11.4. The minimum atomic E-state index is -0.619. The zero-order valence-electron chi connectivity index (χ0n) is 28.9. The van der Waals surface area contributed by atoms with E-state index >= 15 is 0 Å². The first-order valence-corrected chi connectivity index (χ1v) is 17.8. The molecular formula is C34H46N10O3S. The Bertz CT molecular complexity index is 1750. The van der Waals surface area contributed by atoms with Crippen LogP contribution < -0.4 is 15.5 Å². The van der Waals surface area contributed by atoms with Gasteiger partial charge >= 0.3 is 6.09 Å². The molecule has 0 radical (unpaired) electrons. The first kappa shape index (κ1) is 32.6. The molecule has 13 nitrogen and oxygen atoms in total. The van der Waals surface area contributed by atoms with Crippen LogP contribution in [-0.4, -0.2) is 101 Å². The summed E-state index contributed by atoms with van der Waals surface area (Å²) in [4.78, 5) is 37.7. The van der Waals surface area contributed by atoms with Crippen molar-refractivity contribution in [3.05, 3.63) is 28.0 Å². The van der Waals surface area contributed by atoms with E-state index in [2.05, 4.69) is 46.8 Å². The first-order valence-electron chi connectivity index (χ1n) is 17.0. The molecule has 3 aliphatic heterocycles. The number of nitrogen functional groups attached to an aromatic ring is 1. The quantitative estimate of drug-likeness (QED) is 0.409. The van der Waals surface area contributed by atoms with Gasteiger partial charge in [-0.25, -0.2) is 9.78 Å². The lowest BCUT2D eigenvalue weighted by Crippen LogP contribution is -2.60. The van der Waals surface area contributed by atoms with E-state index in [-0.39, 0.29) is 17.6 Å². The smallest absolute Gasteiger partial charge is 0.410 e. The van der Waals surface area contributed by atoms with Crippen molar-refractivity contribution in [3.63, 3.8) is 0 Å². The number of nitrogens with two attached hydrogens (primary N) is 1. The second-order valence-corrected chi connectivity index (χ2v) is 16.6. The Hall–Kier alpha value is -3.96. The summed E-state index contributed by atoms with van der Waals surface area (Å²) in [6, 6.07) is 4.51. The molecule has 0 saturated carbocycles. The molecule has 3 aromatic heterocycles. The second kappa shape index (κ2) is 11.9. The van der Waals surface area contributed by atoms with E-state index in [0.717, 1.165) is 81.1 Å². The Labute approximate surface area is 286 Å². The maximum absolute atomic E-state index is 12.7. The van der Waals surface area contributed by atoms with E-state index in [9.17, 15) is 10.1 Å². The fraction of sp³-hybridized carbons (Fsp3) is 0.647. The van der Waals surface area contributed by atoms with Crippen LogP contribution in [0.5, 0.6) is 0 Å². The van der Waals surface area contributed by atoms with E-state index < -0.39 is 11.0 Å². The van der Waals surface area contributed by atoms with Crippen molar-refractivity contribution in [2.75, 3.05) is 68.4 Å². The van der Waals surface area contributed by atoms with E-state index in [4.69, 9.17) is 29.9 Å². The minimum absolute atomic E-state index is 0.00814. The number of nitriles is 1. The van der Waals surface area contributed by atoms with Crippen molar-refractivity contribution in [1.82, 2.24) is 29.9 Å². The predicted molar refractivity (Wildman–Crippen MR) is 184 cm³/mol. The van der Waals surface area contributed by atoms with Gasteiger partial charge in [-0.3, -0.25) is 0 Å². The standard InChI is InChI=1S/C34H46N10O3S/c1-21-17-41(6)12-8-13-44(21)30-37-23(15-25(38-30)42-14-11-34(18-42)19-43(20-34)31(45)46-32(2,3)4)28-39-29(47-40-28)33(5)10-7-9-24-26(33)22(16-35)27(36)48-24/h15,21H,7-14,17-20,36H2,1-6H3/t21-,33-/m0/s1. The number of hydrogen-bond donors (Lipinski definition) is 1. The Morgan fingerprint density at radius 1 is 1.15 bits per heavy atom. The normalized spacial score (nSPS) is 24.3. The van der Waals surface area contributed by atoms with Gasteiger partial charge in [0.05, 0.1) is 11.0 Å². The summed E-state index contributed by atoms with van der Waals surface area (Å²) in [6.07, 6.45) is 4.33. The number of likely N-dealkylation sites (tertiary alicyclic amines) is 1. The summed E-state index contributed by atoms with van der Waals surface area (Å²) in [5.74, 6) is 2.35. The number of likely N-dealkylation sites (N-methyl/N-ethyl adjacent to an activating group) is 1. The van der Waals surface area contributed by atoms with Gasteiger partial charge in [0.2, 0.25) is 17.7 Å². The van der Waals surface area contributed by atoms with Crippen molar-refractivity contribution >= 4 is 34.2 Å². The number of fused-ring (bicyclic) bond motifs is 1. The van der Waals surface area contributed by atoms with Crippen LogP contribution in [0.2, 0.25) is 0 Å². The fourth-order valence-corrected chi connectivity index (χ4v) is 9.16. The largest absolute Gasteiger partial charge is 0.444 e. The van der Waals surface area contributed by atoms with E-state index in [1.54, 1.807) is 4.90 Å². The number of hydrogen-bond acceptors (Lipinski definition) is 13. The van der Waals surface area contributed by atoms with Crippen LogP contribution in [0.3, 0.4) is 0 Å². The number of thiophene rings is 1. The van der Waals surface area contributed by atoms with Crippen LogP contribution in [0.4, 0.5) is 21.6 Å². The highest BCUT2D eigenvalue weighted by atomic mass is 32.1.